The molecule has 0 aliphatic heterocycles. The van der Waals surface area contributed by atoms with E-state index in [4.69, 9.17) is 5.73 Å². The van der Waals surface area contributed by atoms with Crippen molar-refractivity contribution in [3.05, 3.63) is 12.2 Å². The Morgan fingerprint density at radius 3 is 2.30 bits per heavy atom. The number of nitrogens with two attached hydrogens (primary N) is 1. The minimum absolute atomic E-state index is 0. The van der Waals surface area contributed by atoms with Crippen LogP contribution in [0.25, 0.3) is 0 Å². The normalized spacial score (nSPS) is 20.6. The van der Waals surface area contributed by atoms with Gasteiger partial charge in [0.25, 0.3) is 0 Å². The van der Waals surface area contributed by atoms with E-state index in [1.165, 1.54) is 19.3 Å². The van der Waals surface area contributed by atoms with Crippen LogP contribution >= 0.6 is 12.4 Å². The molecule has 0 heterocycles. The lowest BCUT2D eigenvalue weighted by molar-refractivity contribution is 0.328. The van der Waals surface area contributed by atoms with Crippen molar-refractivity contribution in [2.75, 3.05) is 6.54 Å². The number of hydrogen-bond acceptors (Lipinski definition) is 1. The molecular weight excluding hydrogens is 146 g/mol. The van der Waals surface area contributed by atoms with Crippen molar-refractivity contribution in [2.24, 2.45) is 11.1 Å². The van der Waals surface area contributed by atoms with Gasteiger partial charge in [-0.05, 0) is 31.2 Å². The second kappa shape index (κ2) is 3.99. The summed E-state index contributed by atoms with van der Waals surface area (Å²) in [5.41, 5.74) is 5.97. The second-order valence-electron chi connectivity index (χ2n) is 3.23. The zero-order valence-electron chi connectivity index (χ0n) is 6.47. The summed E-state index contributed by atoms with van der Waals surface area (Å²) in [7, 11) is 0. The summed E-state index contributed by atoms with van der Waals surface area (Å²) in [6.45, 7) is 3.14. The van der Waals surface area contributed by atoms with E-state index in [2.05, 4.69) is 19.1 Å². The number of rotatable bonds is 2. The zero-order valence-corrected chi connectivity index (χ0v) is 7.29. The lowest BCUT2D eigenvalue weighted by Gasteiger charge is -2.21. The molecule has 0 atom stereocenters. The first-order chi connectivity index (χ1) is 4.27. The minimum Gasteiger partial charge on any atom is -0.330 e. The van der Waals surface area contributed by atoms with E-state index in [-0.39, 0.29) is 12.4 Å². The van der Waals surface area contributed by atoms with Gasteiger partial charge in [0.05, 0.1) is 0 Å². The standard InChI is InChI=1S/C8H15N.ClH/c1-8(6-7-9)4-2-3-5-8;/h2-3H,4-7,9H2,1H3;1H. The van der Waals surface area contributed by atoms with Crippen LogP contribution in [0.2, 0.25) is 0 Å². The van der Waals surface area contributed by atoms with Gasteiger partial charge in [0.15, 0.2) is 0 Å². The van der Waals surface area contributed by atoms with Gasteiger partial charge in [-0.3, -0.25) is 0 Å². The number of hydrogen-bond donors (Lipinski definition) is 1. The van der Waals surface area contributed by atoms with Gasteiger partial charge in [-0.2, -0.15) is 0 Å². The molecule has 0 aromatic heterocycles. The molecule has 60 valence electrons. The molecular formula is C8H16ClN. The van der Waals surface area contributed by atoms with Crippen molar-refractivity contribution in [1.82, 2.24) is 0 Å². The Labute approximate surface area is 69.1 Å². The highest BCUT2D eigenvalue weighted by Gasteiger charge is 2.23. The molecule has 1 nitrogen and oxygen atoms in total. The van der Waals surface area contributed by atoms with Gasteiger partial charge in [0.2, 0.25) is 0 Å². The van der Waals surface area contributed by atoms with Gasteiger partial charge >= 0.3 is 0 Å². The van der Waals surface area contributed by atoms with Gasteiger partial charge in [0.1, 0.15) is 0 Å². The first-order valence-electron chi connectivity index (χ1n) is 3.62. The van der Waals surface area contributed by atoms with Crippen LogP contribution in [0, 0.1) is 5.41 Å². The topological polar surface area (TPSA) is 26.0 Å². The highest BCUT2D eigenvalue weighted by Crippen LogP contribution is 2.35. The molecule has 0 bridgehead atoms. The maximum atomic E-state index is 5.47. The average Bonchev–Trinajstić information content (AvgIpc) is 2.16. The Bertz CT molecular complexity index is 112. The van der Waals surface area contributed by atoms with Crippen molar-refractivity contribution in [2.45, 2.75) is 26.2 Å². The van der Waals surface area contributed by atoms with Crippen LogP contribution in [0.3, 0.4) is 0 Å². The van der Waals surface area contributed by atoms with Crippen LogP contribution < -0.4 is 5.73 Å². The maximum Gasteiger partial charge on any atom is -0.00719 e. The van der Waals surface area contributed by atoms with Crippen LogP contribution in [0.5, 0.6) is 0 Å². The van der Waals surface area contributed by atoms with E-state index in [1.54, 1.807) is 0 Å². The van der Waals surface area contributed by atoms with E-state index in [0.717, 1.165) is 6.54 Å². The van der Waals surface area contributed by atoms with E-state index >= 15 is 0 Å². The molecule has 0 saturated heterocycles. The quantitative estimate of drug-likeness (QED) is 0.617. The summed E-state index contributed by atoms with van der Waals surface area (Å²) < 4.78 is 0. The SMILES string of the molecule is CC1(CCN)CC=CC1.Cl. The third-order valence-electron chi connectivity index (χ3n) is 2.14. The molecule has 0 aromatic rings. The first-order valence-corrected chi connectivity index (χ1v) is 3.62. The fourth-order valence-electron chi connectivity index (χ4n) is 1.37. The van der Waals surface area contributed by atoms with Crippen LogP contribution in [-0.2, 0) is 0 Å². The highest BCUT2D eigenvalue weighted by molar-refractivity contribution is 5.85. The number of allylic oxidation sites excluding steroid dienone is 2. The smallest absolute Gasteiger partial charge is 0.00719 e. The fraction of sp³-hybridized carbons (Fsp3) is 0.750. The Hall–Kier alpha value is -0.0100. The summed E-state index contributed by atoms with van der Waals surface area (Å²) in [6, 6.07) is 0. The predicted octanol–water partition coefficient (Wildman–Crippen LogP) is 2.11. The van der Waals surface area contributed by atoms with Crippen LogP contribution in [-0.4, -0.2) is 6.54 Å². The third-order valence-corrected chi connectivity index (χ3v) is 2.14. The zero-order chi connectivity index (χ0) is 6.74. The summed E-state index contributed by atoms with van der Waals surface area (Å²) in [5.74, 6) is 0. The molecule has 1 rings (SSSR count). The molecule has 0 saturated carbocycles. The van der Waals surface area contributed by atoms with E-state index in [0.29, 0.717) is 5.41 Å². The average molecular weight is 162 g/mol. The van der Waals surface area contributed by atoms with E-state index in [9.17, 15) is 0 Å². The molecule has 1 aliphatic rings. The Morgan fingerprint density at radius 1 is 1.40 bits per heavy atom. The predicted molar refractivity (Wildman–Crippen MR) is 47.4 cm³/mol. The van der Waals surface area contributed by atoms with Crippen molar-refractivity contribution in [3.8, 4) is 0 Å². The Morgan fingerprint density at radius 2 is 1.90 bits per heavy atom. The van der Waals surface area contributed by atoms with E-state index < -0.39 is 0 Å². The van der Waals surface area contributed by atoms with E-state index in [1.807, 2.05) is 0 Å². The van der Waals surface area contributed by atoms with Gasteiger partial charge in [-0.1, -0.05) is 19.1 Å². The minimum atomic E-state index is 0. The number of halogens is 1. The maximum absolute atomic E-state index is 5.47. The van der Waals surface area contributed by atoms with Gasteiger partial charge in [-0.15, -0.1) is 12.4 Å². The molecule has 0 unspecified atom stereocenters. The van der Waals surface area contributed by atoms with Crippen LogP contribution in [0.1, 0.15) is 26.2 Å². The summed E-state index contributed by atoms with van der Waals surface area (Å²) >= 11 is 0. The Balaban J connectivity index is 0.000000810. The fourth-order valence-corrected chi connectivity index (χ4v) is 1.37. The molecule has 0 amide bonds. The lowest BCUT2D eigenvalue weighted by Crippen LogP contribution is -2.16. The largest absolute Gasteiger partial charge is 0.330 e. The van der Waals surface area contributed by atoms with Crippen molar-refractivity contribution in [1.29, 1.82) is 0 Å². The molecule has 0 spiro atoms. The molecule has 2 heteroatoms. The van der Waals surface area contributed by atoms with Crippen molar-refractivity contribution >= 4 is 12.4 Å². The van der Waals surface area contributed by atoms with Gasteiger partial charge in [0, 0.05) is 0 Å². The highest BCUT2D eigenvalue weighted by atomic mass is 35.5. The monoisotopic (exact) mass is 161 g/mol. The van der Waals surface area contributed by atoms with Gasteiger partial charge in [-0.25, -0.2) is 0 Å². The van der Waals surface area contributed by atoms with Crippen molar-refractivity contribution in [3.63, 3.8) is 0 Å². The molecule has 1 aliphatic carbocycles. The summed E-state index contributed by atoms with van der Waals surface area (Å²) in [6.07, 6.45) is 8.14. The van der Waals surface area contributed by atoms with Gasteiger partial charge < -0.3 is 5.73 Å². The second-order valence-corrected chi connectivity index (χ2v) is 3.23. The first kappa shape index (κ1) is 9.99. The lowest BCUT2D eigenvalue weighted by atomic mass is 9.84. The molecule has 0 radical (unpaired) electrons. The van der Waals surface area contributed by atoms with Crippen molar-refractivity contribution < 1.29 is 0 Å². The van der Waals surface area contributed by atoms with Crippen LogP contribution in [0.4, 0.5) is 0 Å². The third kappa shape index (κ3) is 2.31. The summed E-state index contributed by atoms with van der Waals surface area (Å²) in [4.78, 5) is 0. The molecule has 0 fully saturated rings. The summed E-state index contributed by atoms with van der Waals surface area (Å²) in [5, 5.41) is 0. The molecule has 0 aromatic carbocycles. The molecule has 10 heavy (non-hydrogen) atoms. The van der Waals surface area contributed by atoms with Crippen LogP contribution in [0.15, 0.2) is 12.2 Å². The molecule has 2 N–H and O–H groups in total. The Kier molecular flexibility index (Phi) is 3.99.